The summed E-state index contributed by atoms with van der Waals surface area (Å²) in [5.74, 6) is -0.329. The Labute approximate surface area is 146 Å². The topological polar surface area (TPSA) is 66.8 Å². The first-order valence-corrected chi connectivity index (χ1v) is 8.60. The van der Waals surface area contributed by atoms with Crippen LogP contribution < -0.4 is 4.74 Å². The van der Waals surface area contributed by atoms with E-state index in [1.54, 1.807) is 4.90 Å². The van der Waals surface area contributed by atoms with Crippen molar-refractivity contribution < 1.29 is 19.4 Å². The molecule has 3 rings (SSSR count). The Hall–Kier alpha value is -1.75. The fraction of sp³-hybridized carbons (Fsp3) is 0.556. The van der Waals surface area contributed by atoms with Crippen molar-refractivity contribution in [1.29, 1.82) is 0 Å². The third-order valence-corrected chi connectivity index (χ3v) is 5.97. The van der Waals surface area contributed by atoms with Crippen molar-refractivity contribution in [2.45, 2.75) is 33.1 Å². The number of carbonyl (C=O) groups excluding carboxylic acids is 1. The van der Waals surface area contributed by atoms with E-state index in [0.717, 1.165) is 30.4 Å². The number of carboxylic acid groups (broad SMARTS) is 1. The molecule has 130 valence electrons. The zero-order chi connectivity index (χ0) is 17.5. The molecular formula is C18H22ClNO4. The van der Waals surface area contributed by atoms with Gasteiger partial charge in [0.15, 0.2) is 6.61 Å². The Kier molecular flexibility index (Phi) is 4.47. The smallest absolute Gasteiger partial charge is 0.307 e. The van der Waals surface area contributed by atoms with Gasteiger partial charge in [-0.1, -0.05) is 11.6 Å². The molecule has 6 heteroatoms. The average molecular weight is 352 g/mol. The van der Waals surface area contributed by atoms with E-state index in [1.165, 1.54) is 0 Å². The molecule has 24 heavy (non-hydrogen) atoms. The average Bonchev–Trinajstić information content (AvgIpc) is 3.25. The van der Waals surface area contributed by atoms with E-state index < -0.39 is 5.97 Å². The highest BCUT2D eigenvalue weighted by Gasteiger charge is 2.59. The number of amides is 1. The Morgan fingerprint density at radius 3 is 2.38 bits per heavy atom. The standard InChI is InChI=1S/C18H22ClNO4/c1-11-7-13(8-12(2)16(11)19)24-10-15(21)20-5-3-18(4-6-20)9-14(18)17(22)23/h7-8,14H,3-6,9-10H2,1-2H3,(H,22,23). The van der Waals surface area contributed by atoms with E-state index >= 15 is 0 Å². The quantitative estimate of drug-likeness (QED) is 0.905. The number of carboxylic acids is 1. The first-order chi connectivity index (χ1) is 11.3. The Balaban J connectivity index is 1.51. The van der Waals surface area contributed by atoms with E-state index in [9.17, 15) is 9.59 Å². The van der Waals surface area contributed by atoms with Gasteiger partial charge in [0.05, 0.1) is 5.92 Å². The van der Waals surface area contributed by atoms with Crippen LogP contribution in [-0.2, 0) is 9.59 Å². The maximum Gasteiger partial charge on any atom is 0.307 e. The van der Waals surface area contributed by atoms with Crippen LogP contribution in [0.1, 0.15) is 30.4 Å². The fourth-order valence-corrected chi connectivity index (χ4v) is 3.79. The molecular weight excluding hydrogens is 330 g/mol. The predicted molar refractivity (Wildman–Crippen MR) is 90.4 cm³/mol. The number of aliphatic carboxylic acids is 1. The molecule has 0 aromatic heterocycles. The number of piperidine rings is 1. The molecule has 1 heterocycles. The third kappa shape index (κ3) is 3.22. The lowest BCUT2D eigenvalue weighted by Gasteiger charge is -2.32. The van der Waals surface area contributed by atoms with Gasteiger partial charge in [-0.05, 0) is 61.8 Å². The lowest BCUT2D eigenvalue weighted by molar-refractivity contribution is -0.140. The van der Waals surface area contributed by atoms with Gasteiger partial charge in [0.2, 0.25) is 0 Å². The largest absolute Gasteiger partial charge is 0.484 e. The molecule has 1 aliphatic heterocycles. The fourth-order valence-electron chi connectivity index (χ4n) is 3.68. The Bertz CT molecular complexity index is 657. The molecule has 0 bridgehead atoms. The number of nitrogens with zero attached hydrogens (tertiary/aromatic N) is 1. The van der Waals surface area contributed by atoms with Crippen LogP contribution in [0.15, 0.2) is 12.1 Å². The van der Waals surface area contributed by atoms with Gasteiger partial charge in [0.1, 0.15) is 5.75 Å². The van der Waals surface area contributed by atoms with E-state index in [2.05, 4.69) is 0 Å². The third-order valence-electron chi connectivity index (χ3n) is 5.37. The summed E-state index contributed by atoms with van der Waals surface area (Å²) in [4.78, 5) is 25.2. The van der Waals surface area contributed by atoms with E-state index in [1.807, 2.05) is 26.0 Å². The second-order valence-corrected chi connectivity index (χ2v) is 7.38. The van der Waals surface area contributed by atoms with Crippen molar-refractivity contribution >= 4 is 23.5 Å². The molecule has 2 fully saturated rings. The summed E-state index contributed by atoms with van der Waals surface area (Å²) in [6, 6.07) is 3.66. The van der Waals surface area contributed by atoms with Crippen molar-refractivity contribution in [3.05, 3.63) is 28.3 Å². The van der Waals surface area contributed by atoms with Gasteiger partial charge in [0, 0.05) is 18.1 Å². The summed E-state index contributed by atoms with van der Waals surface area (Å²) in [6.45, 7) is 5.04. The molecule has 2 aliphatic rings. The highest BCUT2D eigenvalue weighted by molar-refractivity contribution is 6.32. The van der Waals surface area contributed by atoms with Crippen LogP contribution in [0.4, 0.5) is 0 Å². The number of hydrogen-bond donors (Lipinski definition) is 1. The molecule has 1 unspecified atom stereocenters. The highest BCUT2D eigenvalue weighted by Crippen LogP contribution is 2.59. The van der Waals surface area contributed by atoms with Gasteiger partial charge in [-0.25, -0.2) is 0 Å². The zero-order valence-corrected chi connectivity index (χ0v) is 14.7. The Morgan fingerprint density at radius 1 is 1.29 bits per heavy atom. The van der Waals surface area contributed by atoms with Gasteiger partial charge in [-0.15, -0.1) is 0 Å². The lowest BCUT2D eigenvalue weighted by Crippen LogP contribution is -2.42. The number of rotatable bonds is 4. The number of aryl methyl sites for hydroxylation is 2. The minimum Gasteiger partial charge on any atom is -0.484 e. The van der Waals surface area contributed by atoms with Crippen LogP contribution in [-0.4, -0.2) is 41.6 Å². The number of carbonyl (C=O) groups is 2. The van der Waals surface area contributed by atoms with Gasteiger partial charge in [0.25, 0.3) is 5.91 Å². The zero-order valence-electron chi connectivity index (χ0n) is 14.0. The summed E-state index contributed by atoms with van der Waals surface area (Å²) < 4.78 is 5.62. The molecule has 1 saturated heterocycles. The summed E-state index contributed by atoms with van der Waals surface area (Å²) >= 11 is 6.13. The number of benzene rings is 1. The number of hydrogen-bond acceptors (Lipinski definition) is 3. The molecule has 1 aromatic rings. The molecule has 1 atom stereocenters. The Morgan fingerprint density at radius 2 is 1.88 bits per heavy atom. The molecule has 1 spiro atoms. The molecule has 5 nitrogen and oxygen atoms in total. The van der Waals surface area contributed by atoms with Gasteiger partial charge >= 0.3 is 5.97 Å². The molecule has 1 amide bonds. The normalized spacial score (nSPS) is 21.6. The minimum absolute atomic E-state index is 0.00410. The van der Waals surface area contributed by atoms with Crippen molar-refractivity contribution in [3.8, 4) is 5.75 Å². The van der Waals surface area contributed by atoms with E-state index in [-0.39, 0.29) is 23.8 Å². The molecule has 1 N–H and O–H groups in total. The first-order valence-electron chi connectivity index (χ1n) is 8.22. The van der Waals surface area contributed by atoms with Crippen LogP contribution in [0.2, 0.25) is 5.02 Å². The van der Waals surface area contributed by atoms with Crippen molar-refractivity contribution in [2.24, 2.45) is 11.3 Å². The van der Waals surface area contributed by atoms with Crippen LogP contribution in [0, 0.1) is 25.2 Å². The molecule has 0 radical (unpaired) electrons. The van der Waals surface area contributed by atoms with Gasteiger partial charge in [-0.3, -0.25) is 9.59 Å². The number of likely N-dealkylation sites (tertiary alicyclic amines) is 1. The van der Waals surface area contributed by atoms with Crippen molar-refractivity contribution in [3.63, 3.8) is 0 Å². The monoisotopic (exact) mass is 351 g/mol. The maximum atomic E-state index is 12.3. The second-order valence-electron chi connectivity index (χ2n) is 7.00. The minimum atomic E-state index is -0.702. The van der Waals surface area contributed by atoms with Crippen LogP contribution in [0.5, 0.6) is 5.75 Å². The lowest BCUT2D eigenvalue weighted by atomic mass is 9.91. The summed E-state index contributed by atoms with van der Waals surface area (Å²) in [6.07, 6.45) is 2.30. The van der Waals surface area contributed by atoms with Gasteiger partial charge < -0.3 is 14.7 Å². The number of halogens is 1. The van der Waals surface area contributed by atoms with Crippen molar-refractivity contribution in [1.82, 2.24) is 4.90 Å². The van der Waals surface area contributed by atoms with Gasteiger partial charge in [-0.2, -0.15) is 0 Å². The van der Waals surface area contributed by atoms with E-state index in [4.69, 9.17) is 21.4 Å². The SMILES string of the molecule is Cc1cc(OCC(=O)N2CCC3(CC2)CC3C(=O)O)cc(C)c1Cl. The molecule has 1 saturated carbocycles. The molecule has 1 aromatic carbocycles. The first kappa shape index (κ1) is 17.1. The molecule has 1 aliphatic carbocycles. The second kappa shape index (κ2) is 6.28. The highest BCUT2D eigenvalue weighted by atomic mass is 35.5. The number of ether oxygens (including phenoxy) is 1. The maximum absolute atomic E-state index is 12.3. The van der Waals surface area contributed by atoms with Crippen LogP contribution in [0.25, 0.3) is 0 Å². The predicted octanol–water partition coefficient (Wildman–Crippen LogP) is 3.05. The van der Waals surface area contributed by atoms with Crippen LogP contribution in [0.3, 0.4) is 0 Å². The van der Waals surface area contributed by atoms with Crippen LogP contribution >= 0.6 is 11.6 Å². The summed E-state index contributed by atoms with van der Waals surface area (Å²) in [5, 5.41) is 9.83. The summed E-state index contributed by atoms with van der Waals surface area (Å²) in [5.41, 5.74) is 1.79. The summed E-state index contributed by atoms with van der Waals surface area (Å²) in [7, 11) is 0. The van der Waals surface area contributed by atoms with E-state index in [0.29, 0.717) is 23.9 Å². The van der Waals surface area contributed by atoms with Crippen molar-refractivity contribution in [2.75, 3.05) is 19.7 Å².